The lowest BCUT2D eigenvalue weighted by Crippen LogP contribution is -2.22. The molecule has 0 amide bonds. The zero-order valence-electron chi connectivity index (χ0n) is 9.95. The van der Waals surface area contributed by atoms with E-state index in [1.54, 1.807) is 0 Å². The second-order valence-electron chi connectivity index (χ2n) is 4.35. The average molecular weight is 274 g/mol. The fourth-order valence-corrected chi connectivity index (χ4v) is 2.34. The molecule has 0 spiro atoms. The molecule has 0 saturated carbocycles. The van der Waals surface area contributed by atoms with Crippen LogP contribution >= 0.6 is 23.4 Å². The fraction of sp³-hybridized carbons (Fsp3) is 0.364. The number of hydrogen-bond acceptors (Lipinski definition) is 3. The van der Waals surface area contributed by atoms with E-state index in [1.165, 1.54) is 11.8 Å². The van der Waals surface area contributed by atoms with Crippen molar-refractivity contribution in [1.29, 1.82) is 0 Å². The maximum absolute atomic E-state index is 6.05. The Bertz CT molecular complexity index is 390. The number of benzene rings is 1. The summed E-state index contributed by atoms with van der Waals surface area (Å²) in [4.78, 5) is 1.00. The SMILES string of the molecule is C/C(=N\O[Si](C)(C)C)Sc1ccccc1Cl. The van der Waals surface area contributed by atoms with Gasteiger partial charge in [0.25, 0.3) is 8.32 Å². The summed E-state index contributed by atoms with van der Waals surface area (Å²) in [5, 5.41) is 5.73. The quantitative estimate of drug-likeness (QED) is 0.264. The minimum Gasteiger partial charge on any atom is -0.455 e. The number of oxime groups is 1. The molecule has 0 aliphatic carbocycles. The monoisotopic (exact) mass is 273 g/mol. The predicted octanol–water partition coefficient (Wildman–Crippen LogP) is 4.62. The number of rotatable bonds is 3. The summed E-state index contributed by atoms with van der Waals surface area (Å²) in [6.07, 6.45) is 0. The van der Waals surface area contributed by atoms with Gasteiger partial charge in [-0.05, 0) is 38.7 Å². The molecule has 16 heavy (non-hydrogen) atoms. The molecular formula is C11H16ClNOSSi. The van der Waals surface area contributed by atoms with Crippen molar-refractivity contribution in [2.45, 2.75) is 31.5 Å². The van der Waals surface area contributed by atoms with Crippen LogP contribution in [0.25, 0.3) is 0 Å². The summed E-state index contributed by atoms with van der Waals surface area (Å²) >= 11 is 7.58. The molecule has 1 rings (SSSR count). The standard InChI is InChI=1S/C11H16ClNOSSi/c1-9(13-14-16(2,3)4)15-11-8-6-5-7-10(11)12/h5-8H,1-4H3/b13-9+. The number of hydrogen-bond donors (Lipinski definition) is 0. The van der Waals surface area contributed by atoms with E-state index in [0.717, 1.165) is 15.0 Å². The maximum Gasteiger partial charge on any atom is 0.278 e. The van der Waals surface area contributed by atoms with Crippen molar-refractivity contribution in [2.24, 2.45) is 5.16 Å². The van der Waals surface area contributed by atoms with Crippen LogP contribution < -0.4 is 0 Å². The molecule has 0 aliphatic rings. The number of thioether (sulfide) groups is 1. The Hall–Kier alpha value is -0.453. The molecule has 5 heteroatoms. The summed E-state index contributed by atoms with van der Waals surface area (Å²) < 4.78 is 5.47. The summed E-state index contributed by atoms with van der Waals surface area (Å²) in [5.74, 6) is 0. The molecular weight excluding hydrogens is 258 g/mol. The average Bonchev–Trinajstić information content (AvgIpc) is 2.18. The largest absolute Gasteiger partial charge is 0.455 e. The lowest BCUT2D eigenvalue weighted by atomic mass is 10.4. The number of halogens is 1. The lowest BCUT2D eigenvalue weighted by Gasteiger charge is -2.13. The Balaban J connectivity index is 2.65. The van der Waals surface area contributed by atoms with E-state index in [1.807, 2.05) is 31.2 Å². The van der Waals surface area contributed by atoms with Gasteiger partial charge in [-0.1, -0.05) is 40.7 Å². The van der Waals surface area contributed by atoms with E-state index < -0.39 is 8.32 Å². The molecule has 0 fully saturated rings. The van der Waals surface area contributed by atoms with Crippen molar-refractivity contribution in [3.8, 4) is 0 Å². The first kappa shape index (κ1) is 13.6. The smallest absolute Gasteiger partial charge is 0.278 e. The van der Waals surface area contributed by atoms with Gasteiger partial charge in [0.15, 0.2) is 0 Å². The third kappa shape index (κ3) is 5.05. The van der Waals surface area contributed by atoms with Crippen molar-refractivity contribution < 1.29 is 4.53 Å². The van der Waals surface area contributed by atoms with Crippen LogP contribution in [-0.2, 0) is 4.53 Å². The van der Waals surface area contributed by atoms with E-state index in [-0.39, 0.29) is 0 Å². The van der Waals surface area contributed by atoms with Crippen LogP contribution in [0.3, 0.4) is 0 Å². The van der Waals surface area contributed by atoms with Crippen LogP contribution in [0.4, 0.5) is 0 Å². The van der Waals surface area contributed by atoms with Crippen molar-refractivity contribution in [1.82, 2.24) is 0 Å². The van der Waals surface area contributed by atoms with E-state index in [0.29, 0.717) is 0 Å². The molecule has 0 saturated heterocycles. The van der Waals surface area contributed by atoms with Gasteiger partial charge in [0.1, 0.15) is 5.04 Å². The molecule has 0 N–H and O–H groups in total. The third-order valence-electron chi connectivity index (χ3n) is 1.54. The molecule has 0 aromatic heterocycles. The summed E-state index contributed by atoms with van der Waals surface area (Å²) in [7, 11) is -1.58. The third-order valence-corrected chi connectivity index (χ3v) is 3.57. The molecule has 1 aromatic carbocycles. The van der Waals surface area contributed by atoms with Crippen molar-refractivity contribution in [2.75, 3.05) is 0 Å². The van der Waals surface area contributed by atoms with Gasteiger partial charge in [0.2, 0.25) is 0 Å². The van der Waals surface area contributed by atoms with Gasteiger partial charge in [-0.3, -0.25) is 0 Å². The first-order chi connectivity index (χ1) is 7.38. The Morgan fingerprint density at radius 2 is 1.94 bits per heavy atom. The van der Waals surface area contributed by atoms with Crippen molar-refractivity contribution in [3.05, 3.63) is 29.3 Å². The Kier molecular flexibility index (Phi) is 4.89. The Morgan fingerprint density at radius 1 is 1.31 bits per heavy atom. The molecule has 0 heterocycles. The molecule has 0 unspecified atom stereocenters. The highest BCUT2D eigenvalue weighted by molar-refractivity contribution is 8.14. The predicted molar refractivity (Wildman–Crippen MR) is 74.8 cm³/mol. The van der Waals surface area contributed by atoms with Crippen molar-refractivity contribution >= 4 is 36.7 Å². The maximum atomic E-state index is 6.05. The molecule has 0 bridgehead atoms. The van der Waals surface area contributed by atoms with Crippen LogP contribution in [0.1, 0.15) is 6.92 Å². The molecule has 88 valence electrons. The van der Waals surface area contributed by atoms with Gasteiger partial charge in [-0.15, -0.1) is 0 Å². The van der Waals surface area contributed by atoms with Gasteiger partial charge in [0, 0.05) is 4.90 Å². The second-order valence-corrected chi connectivity index (χ2v) is 10.4. The summed E-state index contributed by atoms with van der Waals surface area (Å²) in [5.41, 5.74) is 0. The first-order valence-corrected chi connectivity index (χ1v) is 9.64. The lowest BCUT2D eigenvalue weighted by molar-refractivity contribution is 0.336. The first-order valence-electron chi connectivity index (χ1n) is 5.03. The van der Waals surface area contributed by atoms with Crippen LogP contribution in [0.2, 0.25) is 24.7 Å². The van der Waals surface area contributed by atoms with Crippen LogP contribution in [0, 0.1) is 0 Å². The molecule has 0 aliphatic heterocycles. The molecule has 2 nitrogen and oxygen atoms in total. The highest BCUT2D eigenvalue weighted by Gasteiger charge is 2.16. The van der Waals surface area contributed by atoms with Gasteiger partial charge in [0.05, 0.1) is 5.02 Å². The van der Waals surface area contributed by atoms with E-state index >= 15 is 0 Å². The zero-order chi connectivity index (χ0) is 12.2. The highest BCUT2D eigenvalue weighted by Crippen LogP contribution is 2.27. The van der Waals surface area contributed by atoms with Crippen molar-refractivity contribution in [3.63, 3.8) is 0 Å². The van der Waals surface area contributed by atoms with Gasteiger partial charge in [-0.25, -0.2) is 0 Å². The zero-order valence-corrected chi connectivity index (χ0v) is 12.5. The summed E-state index contributed by atoms with van der Waals surface area (Å²) in [6.45, 7) is 8.23. The van der Waals surface area contributed by atoms with E-state index in [9.17, 15) is 0 Å². The molecule has 0 radical (unpaired) electrons. The molecule has 1 aromatic rings. The van der Waals surface area contributed by atoms with Gasteiger partial charge >= 0.3 is 0 Å². The Morgan fingerprint density at radius 3 is 2.50 bits per heavy atom. The highest BCUT2D eigenvalue weighted by atomic mass is 35.5. The minimum atomic E-state index is -1.58. The van der Waals surface area contributed by atoms with Crippen LogP contribution in [0.5, 0.6) is 0 Å². The molecule has 0 atom stereocenters. The second kappa shape index (κ2) is 5.75. The fourth-order valence-electron chi connectivity index (χ4n) is 0.906. The minimum absolute atomic E-state index is 0.745. The van der Waals surface area contributed by atoms with Gasteiger partial charge in [-0.2, -0.15) is 0 Å². The van der Waals surface area contributed by atoms with E-state index in [4.69, 9.17) is 16.1 Å². The normalized spacial score (nSPS) is 12.7. The summed E-state index contributed by atoms with van der Waals surface area (Å²) in [6, 6.07) is 7.72. The van der Waals surface area contributed by atoms with Crippen LogP contribution in [-0.4, -0.2) is 13.4 Å². The topological polar surface area (TPSA) is 21.6 Å². The van der Waals surface area contributed by atoms with E-state index in [2.05, 4.69) is 24.8 Å². The van der Waals surface area contributed by atoms with Gasteiger partial charge < -0.3 is 4.53 Å². The number of nitrogens with zero attached hydrogens (tertiary/aromatic N) is 1. The Labute approximate surface area is 107 Å². The van der Waals surface area contributed by atoms with Crippen LogP contribution in [0.15, 0.2) is 34.3 Å².